The van der Waals surface area contributed by atoms with Crippen molar-refractivity contribution in [3.8, 4) is 0 Å². The topological polar surface area (TPSA) is 229 Å². The molecule has 0 fully saturated rings. The lowest BCUT2D eigenvalue weighted by molar-refractivity contribution is 0.0368. The van der Waals surface area contributed by atoms with Gasteiger partial charge in [0.1, 0.15) is 17.3 Å². The molecule has 0 aliphatic rings. The first-order valence-electron chi connectivity index (χ1n) is 16.9. The van der Waals surface area contributed by atoms with Gasteiger partial charge in [-0.3, -0.25) is 4.18 Å². The average molecular weight is 829 g/mol. The van der Waals surface area contributed by atoms with Gasteiger partial charge in [0.25, 0.3) is 10.1 Å². The lowest BCUT2D eigenvalue weighted by atomic mass is 10.0. The van der Waals surface area contributed by atoms with Gasteiger partial charge in [0.15, 0.2) is 19.7 Å². The van der Waals surface area contributed by atoms with E-state index in [1.807, 2.05) is 6.92 Å². The number of benzene rings is 3. The molecule has 0 unspecified atom stereocenters. The highest BCUT2D eigenvalue weighted by Gasteiger charge is 2.29. The van der Waals surface area contributed by atoms with Crippen molar-refractivity contribution in [2.75, 3.05) is 19.1 Å². The maximum absolute atomic E-state index is 12.6. The highest BCUT2D eigenvalue weighted by atomic mass is 32.2. The largest absolute Gasteiger partial charge is 0.444 e. The summed E-state index contributed by atoms with van der Waals surface area (Å²) in [5.41, 5.74) is 0.180. The number of aryl methyl sites for hydroxylation is 1. The summed E-state index contributed by atoms with van der Waals surface area (Å²) in [6.45, 7) is 13.1. The van der Waals surface area contributed by atoms with Crippen LogP contribution in [0, 0.1) is 6.92 Å². The summed E-state index contributed by atoms with van der Waals surface area (Å²) in [5, 5.41) is 26.0. The van der Waals surface area contributed by atoms with Gasteiger partial charge in [0.05, 0.1) is 39.5 Å². The average Bonchev–Trinajstić information content (AvgIpc) is 3.04. The minimum Gasteiger partial charge on any atom is -0.444 e. The summed E-state index contributed by atoms with van der Waals surface area (Å²) >= 11 is 0. The summed E-state index contributed by atoms with van der Waals surface area (Å²) in [4.78, 5) is 24.1. The number of carbonyl (C=O) groups excluding carboxylic acids is 2. The SMILES string of the molecule is C[C@@H](NC(=O)OC(C)(C)C)[C@H](O)c1ccc(S(C)(=O)=O)cc1.Cc1ccc(S(=O)(=O)OC[C@@H](NC(=O)OC(C)(C)C)[C@H](O)c2ccc(S(C)(=O)=O)cc2)cc1. The molecule has 0 radical (unpaired) electrons. The minimum absolute atomic E-state index is 0.0494. The second-order valence-corrected chi connectivity index (χ2v) is 20.5. The van der Waals surface area contributed by atoms with E-state index in [1.54, 1.807) is 60.6 Å². The van der Waals surface area contributed by atoms with E-state index in [2.05, 4.69) is 10.6 Å². The zero-order chi connectivity index (χ0) is 42.2. The van der Waals surface area contributed by atoms with Gasteiger partial charge in [0.2, 0.25) is 0 Å². The summed E-state index contributed by atoms with van der Waals surface area (Å²) in [5.74, 6) is 0. The van der Waals surface area contributed by atoms with Crippen LogP contribution < -0.4 is 10.6 Å². The van der Waals surface area contributed by atoms with Gasteiger partial charge >= 0.3 is 12.2 Å². The van der Waals surface area contributed by atoms with Crippen LogP contribution in [0.25, 0.3) is 0 Å². The molecule has 3 aromatic rings. The third-order valence-electron chi connectivity index (χ3n) is 7.31. The molecule has 4 N–H and O–H groups in total. The molecule has 18 heteroatoms. The molecule has 0 bridgehead atoms. The lowest BCUT2D eigenvalue weighted by Gasteiger charge is -2.26. The van der Waals surface area contributed by atoms with Crippen LogP contribution in [0.3, 0.4) is 0 Å². The monoisotopic (exact) mass is 828 g/mol. The Labute approximate surface area is 324 Å². The first kappa shape index (κ1) is 47.1. The maximum Gasteiger partial charge on any atom is 0.408 e. The minimum atomic E-state index is -4.17. The van der Waals surface area contributed by atoms with Crippen molar-refractivity contribution in [2.24, 2.45) is 0 Å². The van der Waals surface area contributed by atoms with Crippen molar-refractivity contribution in [3.05, 3.63) is 89.5 Å². The van der Waals surface area contributed by atoms with Gasteiger partial charge < -0.3 is 30.3 Å². The molecule has 2 amide bonds. The molecule has 3 rings (SSSR count). The Kier molecular flexibility index (Phi) is 16.0. The van der Waals surface area contributed by atoms with Crippen LogP contribution in [-0.2, 0) is 43.4 Å². The number of ether oxygens (including phenoxy) is 2. The molecule has 0 aliphatic carbocycles. The highest BCUT2D eigenvalue weighted by Crippen LogP contribution is 2.23. The Morgan fingerprint density at radius 1 is 0.618 bits per heavy atom. The Bertz CT molecular complexity index is 2070. The molecule has 0 saturated carbocycles. The highest BCUT2D eigenvalue weighted by molar-refractivity contribution is 7.91. The Balaban J connectivity index is 0.000000413. The zero-order valence-electron chi connectivity index (χ0n) is 32.6. The second-order valence-electron chi connectivity index (χ2n) is 14.8. The number of alkyl carbamates (subject to hydrolysis) is 2. The predicted octanol–water partition coefficient (Wildman–Crippen LogP) is 4.77. The fourth-order valence-electron chi connectivity index (χ4n) is 4.52. The molecule has 15 nitrogen and oxygen atoms in total. The Morgan fingerprint density at radius 2 is 0.982 bits per heavy atom. The van der Waals surface area contributed by atoms with Crippen molar-refractivity contribution in [1.29, 1.82) is 0 Å². The maximum atomic E-state index is 12.6. The zero-order valence-corrected chi connectivity index (χ0v) is 35.0. The van der Waals surface area contributed by atoms with Crippen molar-refractivity contribution >= 4 is 42.0 Å². The Morgan fingerprint density at radius 3 is 1.36 bits per heavy atom. The van der Waals surface area contributed by atoms with Gasteiger partial charge in [-0.15, -0.1) is 0 Å². The van der Waals surface area contributed by atoms with E-state index in [0.29, 0.717) is 5.56 Å². The molecule has 55 heavy (non-hydrogen) atoms. The molecule has 306 valence electrons. The van der Waals surface area contributed by atoms with Crippen LogP contribution in [0.4, 0.5) is 9.59 Å². The number of sulfone groups is 2. The van der Waals surface area contributed by atoms with Gasteiger partial charge in [-0.05, 0) is 103 Å². The van der Waals surface area contributed by atoms with Crippen LogP contribution >= 0.6 is 0 Å². The number of aliphatic hydroxyl groups is 2. The smallest absolute Gasteiger partial charge is 0.408 e. The van der Waals surface area contributed by atoms with Crippen molar-refractivity contribution in [3.63, 3.8) is 0 Å². The summed E-state index contributed by atoms with van der Waals surface area (Å²) < 4.78 is 86.7. The number of amides is 2. The molecule has 0 aromatic heterocycles. The number of nitrogens with one attached hydrogen (secondary N) is 2. The van der Waals surface area contributed by atoms with Crippen LogP contribution in [0.15, 0.2) is 87.5 Å². The number of hydrogen-bond acceptors (Lipinski definition) is 13. The van der Waals surface area contributed by atoms with Crippen molar-refractivity contribution < 1.29 is 58.7 Å². The predicted molar refractivity (Wildman–Crippen MR) is 205 cm³/mol. The van der Waals surface area contributed by atoms with E-state index in [1.165, 1.54) is 60.7 Å². The molecule has 0 heterocycles. The van der Waals surface area contributed by atoms with Crippen LogP contribution in [-0.4, -0.2) is 90.1 Å². The fraction of sp³-hybridized carbons (Fsp3) is 0.459. The number of hydrogen-bond donors (Lipinski definition) is 4. The quantitative estimate of drug-likeness (QED) is 0.181. The standard InChI is InChI=1S/C22H29NO8S2.C15H23NO5S/c1-15-6-10-18(11-7-15)33(28,29)30-14-19(23-21(25)31-22(2,3)4)20(24)16-8-12-17(13-9-16)32(5,26)27;1-10(16-14(18)21-15(2,3)4)13(17)11-6-8-12(9-7-11)22(5,19)20/h6-13,19-20,24H,14H2,1-5H3,(H,23,25);6-10,13,17H,1-5H3,(H,16,18)/t19-,20-;10-,13+/m11/s1. The lowest BCUT2D eigenvalue weighted by Crippen LogP contribution is -2.45. The second kappa shape index (κ2) is 18.7. The normalized spacial score (nSPS) is 14.6. The van der Waals surface area contributed by atoms with Crippen LogP contribution in [0.5, 0.6) is 0 Å². The van der Waals surface area contributed by atoms with Crippen LogP contribution in [0.2, 0.25) is 0 Å². The molecule has 0 aliphatic heterocycles. The van der Waals surface area contributed by atoms with E-state index < -0.39 is 84.1 Å². The number of carbonyl (C=O) groups is 2. The third-order valence-corrected chi connectivity index (χ3v) is 10.9. The number of aliphatic hydroxyl groups excluding tert-OH is 2. The summed E-state index contributed by atoms with van der Waals surface area (Å²) in [6, 6.07) is 15.5. The molecule has 0 saturated heterocycles. The fourth-order valence-corrected chi connectivity index (χ4v) is 6.72. The van der Waals surface area contributed by atoms with E-state index in [-0.39, 0.29) is 20.2 Å². The number of rotatable bonds is 12. The summed E-state index contributed by atoms with van der Waals surface area (Å²) in [7, 11) is -10.9. The van der Waals surface area contributed by atoms with E-state index in [9.17, 15) is 45.1 Å². The van der Waals surface area contributed by atoms with Gasteiger partial charge in [-0.1, -0.05) is 42.0 Å². The van der Waals surface area contributed by atoms with Gasteiger partial charge in [-0.25, -0.2) is 26.4 Å². The first-order valence-corrected chi connectivity index (χ1v) is 22.1. The van der Waals surface area contributed by atoms with Crippen LogP contribution in [0.1, 0.15) is 77.4 Å². The van der Waals surface area contributed by atoms with Gasteiger partial charge in [-0.2, -0.15) is 8.42 Å². The van der Waals surface area contributed by atoms with Crippen molar-refractivity contribution in [2.45, 2.75) is 106 Å². The molecule has 0 spiro atoms. The molecular formula is C37H52N2O13S3. The van der Waals surface area contributed by atoms with E-state index in [0.717, 1.165) is 18.1 Å². The third kappa shape index (κ3) is 16.3. The van der Waals surface area contributed by atoms with Crippen molar-refractivity contribution in [1.82, 2.24) is 10.6 Å². The van der Waals surface area contributed by atoms with E-state index >= 15 is 0 Å². The molecule has 4 atom stereocenters. The Hall–Kier alpha value is -4.07. The van der Waals surface area contributed by atoms with E-state index in [4.69, 9.17) is 13.7 Å². The summed E-state index contributed by atoms with van der Waals surface area (Å²) in [6.07, 6.45) is -1.72. The first-order chi connectivity index (χ1) is 25.0. The van der Waals surface area contributed by atoms with Gasteiger partial charge in [0, 0.05) is 12.5 Å². The molecular weight excluding hydrogens is 777 g/mol. The molecule has 3 aromatic carbocycles.